The number of carbonyl (C=O) groups excluding carboxylic acids is 3. The van der Waals surface area contributed by atoms with Gasteiger partial charge in [-0.3, -0.25) is 14.4 Å². The van der Waals surface area contributed by atoms with Crippen LogP contribution in [-0.4, -0.2) is 84.1 Å². The van der Waals surface area contributed by atoms with Crippen molar-refractivity contribution >= 4 is 17.3 Å². The fourth-order valence-electron chi connectivity index (χ4n) is 2.96. The number of ketones is 3. The van der Waals surface area contributed by atoms with Crippen LogP contribution in [0.3, 0.4) is 0 Å². The summed E-state index contributed by atoms with van der Waals surface area (Å²) in [7, 11) is 0. The Hall–Kier alpha value is -1.23. The van der Waals surface area contributed by atoms with Crippen LogP contribution in [0.1, 0.15) is 59.3 Å². The van der Waals surface area contributed by atoms with Crippen molar-refractivity contribution < 1.29 is 45.0 Å². The lowest BCUT2D eigenvalue weighted by molar-refractivity contribution is -0.224. The van der Waals surface area contributed by atoms with E-state index in [1.54, 1.807) is 20.8 Å². The van der Waals surface area contributed by atoms with Crippen molar-refractivity contribution in [2.24, 2.45) is 0 Å². The van der Waals surface area contributed by atoms with Gasteiger partial charge in [-0.2, -0.15) is 0 Å². The lowest BCUT2D eigenvalue weighted by atomic mass is 9.66. The zero-order chi connectivity index (χ0) is 21.4. The van der Waals surface area contributed by atoms with Crippen molar-refractivity contribution in [2.45, 2.75) is 88.8 Å². The van der Waals surface area contributed by atoms with Crippen molar-refractivity contribution in [3.63, 3.8) is 0 Å². The summed E-state index contributed by atoms with van der Waals surface area (Å²) < 4.78 is 0. The van der Waals surface area contributed by atoms with Crippen LogP contribution in [0.2, 0.25) is 0 Å². The molecule has 0 saturated carbocycles. The van der Waals surface area contributed by atoms with Crippen LogP contribution in [0.25, 0.3) is 0 Å². The fourth-order valence-corrected chi connectivity index (χ4v) is 2.96. The molecule has 27 heavy (non-hydrogen) atoms. The van der Waals surface area contributed by atoms with Gasteiger partial charge in [0, 0.05) is 19.3 Å². The first-order chi connectivity index (χ1) is 12.5. The van der Waals surface area contributed by atoms with E-state index in [0.29, 0.717) is 0 Å². The van der Waals surface area contributed by atoms with Gasteiger partial charge >= 0.3 is 0 Å². The van der Waals surface area contributed by atoms with Crippen LogP contribution in [-0.2, 0) is 14.4 Å². The molecule has 158 valence electrons. The molecule has 0 aliphatic heterocycles. The summed E-state index contributed by atoms with van der Waals surface area (Å²) in [5, 5.41) is 61.1. The largest absolute Gasteiger partial charge is 0.394 e. The first-order valence-electron chi connectivity index (χ1n) is 9.20. The zero-order valence-corrected chi connectivity index (χ0v) is 16.1. The van der Waals surface area contributed by atoms with E-state index < -0.39 is 59.9 Å². The Labute approximate surface area is 158 Å². The molecule has 0 unspecified atom stereocenters. The quantitative estimate of drug-likeness (QED) is 0.195. The van der Waals surface area contributed by atoms with Gasteiger partial charge in [0.25, 0.3) is 0 Å². The molecule has 6 N–H and O–H groups in total. The Balaban J connectivity index is 6.58. The van der Waals surface area contributed by atoms with Crippen LogP contribution in [0.4, 0.5) is 0 Å². The molecule has 0 radical (unpaired) electrons. The fraction of sp³-hybridized carbons (Fsp3) is 0.833. The van der Waals surface area contributed by atoms with E-state index in [0.717, 1.165) is 0 Å². The predicted molar refractivity (Wildman–Crippen MR) is 94.8 cm³/mol. The summed E-state index contributed by atoms with van der Waals surface area (Å²) in [6.45, 7) is 3.69. The molecule has 0 heterocycles. The molecular formula is C18H32O9. The van der Waals surface area contributed by atoms with Crippen LogP contribution in [0.15, 0.2) is 0 Å². The van der Waals surface area contributed by atoms with Gasteiger partial charge in [0.05, 0.1) is 6.61 Å². The van der Waals surface area contributed by atoms with Crippen molar-refractivity contribution in [1.29, 1.82) is 0 Å². The molecule has 0 rings (SSSR count). The molecule has 9 nitrogen and oxygen atoms in total. The lowest BCUT2D eigenvalue weighted by Gasteiger charge is -2.44. The minimum absolute atomic E-state index is 0.159. The van der Waals surface area contributed by atoms with Gasteiger partial charge in [0.1, 0.15) is 18.3 Å². The first-order valence-corrected chi connectivity index (χ1v) is 9.20. The summed E-state index contributed by atoms with van der Waals surface area (Å²) in [6, 6.07) is 0. The Bertz CT molecular complexity index is 501. The number of aliphatic hydroxyl groups excluding tert-OH is 4. The van der Waals surface area contributed by atoms with E-state index in [-0.39, 0.29) is 32.1 Å². The molecular weight excluding hydrogens is 360 g/mol. The van der Waals surface area contributed by atoms with Crippen molar-refractivity contribution in [1.82, 2.24) is 0 Å². The molecule has 0 spiro atoms. The molecule has 4 atom stereocenters. The van der Waals surface area contributed by atoms with Crippen molar-refractivity contribution in [3.8, 4) is 0 Å². The molecule has 0 amide bonds. The standard InChI is InChI=1S/C18H32O9/c1-4-7-12(21)17(26,13(22)8-5-2)18(27,14(23)9-6-3)16(25)15(24)11(20)10-19/h11,15-16,19-20,24-27H,4-10H2,1-3H3/t11-,15-,16+,18-/m1/s1. The van der Waals surface area contributed by atoms with Crippen LogP contribution in [0.5, 0.6) is 0 Å². The third-order valence-corrected chi connectivity index (χ3v) is 4.55. The van der Waals surface area contributed by atoms with E-state index in [1.807, 2.05) is 0 Å². The van der Waals surface area contributed by atoms with Crippen LogP contribution < -0.4 is 0 Å². The molecule has 0 aromatic rings. The maximum absolute atomic E-state index is 12.7. The summed E-state index contributed by atoms with van der Waals surface area (Å²) in [5.41, 5.74) is -6.67. The topological polar surface area (TPSA) is 173 Å². The highest BCUT2D eigenvalue weighted by Crippen LogP contribution is 2.35. The van der Waals surface area contributed by atoms with E-state index in [1.165, 1.54) is 0 Å². The molecule has 0 aromatic heterocycles. The smallest absolute Gasteiger partial charge is 0.220 e. The van der Waals surface area contributed by atoms with Gasteiger partial charge in [-0.25, -0.2) is 0 Å². The average molecular weight is 392 g/mol. The Morgan fingerprint density at radius 1 is 0.778 bits per heavy atom. The van der Waals surface area contributed by atoms with E-state index >= 15 is 0 Å². The molecule has 0 bridgehead atoms. The van der Waals surface area contributed by atoms with Gasteiger partial charge in [-0.05, 0) is 19.3 Å². The predicted octanol–water partition coefficient (Wildman–Crippen LogP) is -1.37. The summed E-state index contributed by atoms with van der Waals surface area (Å²) in [4.78, 5) is 37.9. The van der Waals surface area contributed by atoms with E-state index in [9.17, 15) is 39.9 Å². The molecule has 0 aliphatic carbocycles. The third-order valence-electron chi connectivity index (χ3n) is 4.55. The Morgan fingerprint density at radius 2 is 1.15 bits per heavy atom. The number of rotatable bonds is 14. The Morgan fingerprint density at radius 3 is 1.48 bits per heavy atom. The van der Waals surface area contributed by atoms with Crippen molar-refractivity contribution in [2.75, 3.05) is 6.61 Å². The number of hydrogen-bond acceptors (Lipinski definition) is 9. The molecule has 0 fully saturated rings. The van der Waals surface area contributed by atoms with Gasteiger partial charge in [0.2, 0.25) is 5.60 Å². The summed E-state index contributed by atoms with van der Waals surface area (Å²) >= 11 is 0. The van der Waals surface area contributed by atoms with Crippen LogP contribution >= 0.6 is 0 Å². The maximum atomic E-state index is 12.7. The first kappa shape index (κ1) is 25.8. The number of carbonyl (C=O) groups is 3. The second-order valence-electron chi connectivity index (χ2n) is 6.68. The second kappa shape index (κ2) is 10.9. The molecule has 0 aromatic carbocycles. The number of aliphatic hydroxyl groups is 6. The minimum Gasteiger partial charge on any atom is -0.394 e. The zero-order valence-electron chi connectivity index (χ0n) is 16.1. The normalized spacial score (nSPS) is 17.7. The third kappa shape index (κ3) is 4.98. The van der Waals surface area contributed by atoms with Gasteiger partial charge in [-0.1, -0.05) is 20.8 Å². The molecule has 0 saturated heterocycles. The summed E-state index contributed by atoms with van der Waals surface area (Å²) in [5.74, 6) is -3.56. The maximum Gasteiger partial charge on any atom is 0.220 e. The van der Waals surface area contributed by atoms with E-state index in [4.69, 9.17) is 5.11 Å². The average Bonchev–Trinajstić information content (AvgIpc) is 2.64. The Kier molecular flexibility index (Phi) is 10.4. The number of Topliss-reactive ketones (excluding diaryl/α,β-unsaturated/α-hetero) is 3. The monoisotopic (exact) mass is 392 g/mol. The SMILES string of the molecule is CCCC(=O)C(O)(C(=O)CCC)[C@@](O)(C(=O)CCC)[C@@H](O)[C@H](O)[C@H](O)CO. The minimum atomic E-state index is -3.38. The van der Waals surface area contributed by atoms with Gasteiger partial charge < -0.3 is 30.6 Å². The number of hydrogen-bond donors (Lipinski definition) is 6. The summed E-state index contributed by atoms with van der Waals surface area (Å²) in [6.07, 6.45) is -7.46. The molecule has 0 aliphatic rings. The second-order valence-corrected chi connectivity index (χ2v) is 6.68. The lowest BCUT2D eigenvalue weighted by Crippen LogP contribution is -2.75. The highest BCUT2D eigenvalue weighted by atomic mass is 16.4. The van der Waals surface area contributed by atoms with Crippen LogP contribution in [0, 0.1) is 0 Å². The molecule has 9 heteroatoms. The van der Waals surface area contributed by atoms with Gasteiger partial charge in [0.15, 0.2) is 23.0 Å². The van der Waals surface area contributed by atoms with Crippen molar-refractivity contribution in [3.05, 3.63) is 0 Å². The van der Waals surface area contributed by atoms with E-state index in [2.05, 4.69) is 0 Å². The highest BCUT2D eigenvalue weighted by Gasteiger charge is 2.67. The van der Waals surface area contributed by atoms with Gasteiger partial charge in [-0.15, -0.1) is 0 Å². The highest BCUT2D eigenvalue weighted by molar-refractivity contribution is 6.16.